The van der Waals surface area contributed by atoms with Crippen molar-refractivity contribution >= 4 is 10.0 Å². The van der Waals surface area contributed by atoms with Gasteiger partial charge in [0.2, 0.25) is 10.0 Å². The molecule has 1 saturated heterocycles. The Hall–Kier alpha value is -1.31. The number of ether oxygens (including phenoxy) is 2. The average molecular weight is 326 g/mol. The summed E-state index contributed by atoms with van der Waals surface area (Å²) in [6.45, 7) is 5.49. The lowest BCUT2D eigenvalue weighted by Gasteiger charge is -2.24. The number of sulfonamides is 1. The molecule has 1 aromatic carbocycles. The molecule has 1 fully saturated rings. The van der Waals surface area contributed by atoms with Crippen molar-refractivity contribution in [2.75, 3.05) is 32.8 Å². The van der Waals surface area contributed by atoms with Crippen LogP contribution >= 0.6 is 0 Å². The van der Waals surface area contributed by atoms with Gasteiger partial charge in [-0.05, 0) is 45.0 Å². The third kappa shape index (κ3) is 3.37. The predicted octanol–water partition coefficient (Wildman–Crippen LogP) is 1.22. The van der Waals surface area contributed by atoms with E-state index in [4.69, 9.17) is 9.47 Å². The fraction of sp³-hybridized carbons (Fsp3) is 0.600. The van der Waals surface area contributed by atoms with Crippen molar-refractivity contribution in [1.82, 2.24) is 9.62 Å². The zero-order valence-electron chi connectivity index (χ0n) is 12.7. The molecular formula is C15H22N2O4S. The Kier molecular flexibility index (Phi) is 4.56. The monoisotopic (exact) mass is 326 g/mol. The van der Waals surface area contributed by atoms with Crippen LogP contribution in [0.5, 0.6) is 11.5 Å². The predicted molar refractivity (Wildman–Crippen MR) is 82.9 cm³/mol. The van der Waals surface area contributed by atoms with Crippen molar-refractivity contribution in [3.63, 3.8) is 0 Å². The first kappa shape index (κ1) is 15.6. The highest BCUT2D eigenvalue weighted by Crippen LogP contribution is 2.32. The summed E-state index contributed by atoms with van der Waals surface area (Å²) in [4.78, 5) is 2.53. The third-order valence-electron chi connectivity index (χ3n) is 4.16. The van der Waals surface area contributed by atoms with Gasteiger partial charge in [-0.3, -0.25) is 4.90 Å². The van der Waals surface area contributed by atoms with Crippen LogP contribution in [0.3, 0.4) is 0 Å². The molecule has 1 N–H and O–H groups in total. The Morgan fingerprint density at radius 1 is 1.18 bits per heavy atom. The number of benzene rings is 1. The topological polar surface area (TPSA) is 67.9 Å². The van der Waals surface area contributed by atoms with Gasteiger partial charge in [-0.25, -0.2) is 13.1 Å². The van der Waals surface area contributed by atoms with E-state index in [1.54, 1.807) is 12.1 Å². The van der Waals surface area contributed by atoms with Crippen LogP contribution in [-0.2, 0) is 10.0 Å². The van der Waals surface area contributed by atoms with E-state index in [-0.39, 0.29) is 10.9 Å². The van der Waals surface area contributed by atoms with Gasteiger partial charge in [0.1, 0.15) is 13.2 Å². The zero-order chi connectivity index (χ0) is 15.6. The summed E-state index contributed by atoms with van der Waals surface area (Å²) < 4.78 is 38.4. The lowest BCUT2D eigenvalue weighted by atomic mass is 10.3. The Balaban J connectivity index is 1.67. The number of nitrogens with zero attached hydrogens (tertiary/aromatic N) is 1. The van der Waals surface area contributed by atoms with Crippen molar-refractivity contribution in [1.29, 1.82) is 0 Å². The Labute approximate surface area is 131 Å². The summed E-state index contributed by atoms with van der Waals surface area (Å²) in [5.74, 6) is 1.08. The molecule has 3 rings (SSSR count). The van der Waals surface area contributed by atoms with Crippen molar-refractivity contribution in [3.8, 4) is 11.5 Å². The molecule has 22 heavy (non-hydrogen) atoms. The second-order valence-electron chi connectivity index (χ2n) is 5.75. The van der Waals surface area contributed by atoms with E-state index in [9.17, 15) is 8.42 Å². The second-order valence-corrected chi connectivity index (χ2v) is 7.52. The fourth-order valence-electron chi connectivity index (χ4n) is 2.82. The van der Waals surface area contributed by atoms with Crippen molar-refractivity contribution in [2.24, 2.45) is 0 Å². The summed E-state index contributed by atoms with van der Waals surface area (Å²) >= 11 is 0. The largest absolute Gasteiger partial charge is 0.486 e. The van der Waals surface area contributed by atoms with E-state index in [1.165, 1.54) is 18.9 Å². The molecule has 1 aromatic rings. The minimum atomic E-state index is -3.53. The summed E-state index contributed by atoms with van der Waals surface area (Å²) in [5.41, 5.74) is 0. The number of nitrogens with one attached hydrogen (secondary N) is 1. The average Bonchev–Trinajstić information content (AvgIpc) is 3.07. The lowest BCUT2D eigenvalue weighted by molar-refractivity contribution is 0.171. The first-order valence-electron chi connectivity index (χ1n) is 7.70. The maximum absolute atomic E-state index is 12.4. The number of hydrogen-bond donors (Lipinski definition) is 1. The van der Waals surface area contributed by atoms with E-state index in [0.29, 0.717) is 31.3 Å². The van der Waals surface area contributed by atoms with E-state index in [2.05, 4.69) is 16.5 Å². The molecule has 0 aliphatic carbocycles. The van der Waals surface area contributed by atoms with E-state index in [1.807, 2.05) is 0 Å². The van der Waals surface area contributed by atoms with Crippen LogP contribution in [0.1, 0.15) is 19.8 Å². The standard InChI is InChI=1S/C15H22N2O4S/c1-12(17-6-2-3-7-17)11-16-22(18,19)13-4-5-14-15(10-13)21-9-8-20-14/h4-5,10,12,16H,2-3,6-9,11H2,1H3/t12-/m0/s1. The Bertz CT molecular complexity index is 626. The minimum Gasteiger partial charge on any atom is -0.486 e. The molecule has 0 saturated carbocycles. The molecule has 0 unspecified atom stereocenters. The van der Waals surface area contributed by atoms with Gasteiger partial charge in [-0.15, -0.1) is 0 Å². The van der Waals surface area contributed by atoms with Crippen LogP contribution in [-0.4, -0.2) is 52.2 Å². The van der Waals surface area contributed by atoms with Crippen molar-refractivity contribution in [2.45, 2.75) is 30.7 Å². The zero-order valence-corrected chi connectivity index (χ0v) is 13.6. The molecule has 0 bridgehead atoms. The van der Waals surface area contributed by atoms with Crippen LogP contribution in [0.4, 0.5) is 0 Å². The molecule has 1 atom stereocenters. The van der Waals surface area contributed by atoms with E-state index >= 15 is 0 Å². The van der Waals surface area contributed by atoms with Gasteiger partial charge in [-0.1, -0.05) is 0 Å². The molecule has 122 valence electrons. The Morgan fingerprint density at radius 2 is 1.86 bits per heavy atom. The smallest absolute Gasteiger partial charge is 0.240 e. The molecule has 2 aliphatic heterocycles. The SMILES string of the molecule is C[C@@H](CNS(=O)(=O)c1ccc2c(c1)OCCO2)N1CCCC1. The first-order valence-corrected chi connectivity index (χ1v) is 9.18. The molecule has 2 aliphatic rings. The van der Waals surface area contributed by atoms with Gasteiger partial charge in [-0.2, -0.15) is 0 Å². The summed E-state index contributed by atoms with van der Waals surface area (Å²) in [6, 6.07) is 4.93. The lowest BCUT2D eigenvalue weighted by Crippen LogP contribution is -2.40. The molecule has 2 heterocycles. The van der Waals surface area contributed by atoms with Gasteiger partial charge in [0.15, 0.2) is 11.5 Å². The molecular weight excluding hydrogens is 304 g/mol. The van der Waals surface area contributed by atoms with E-state index < -0.39 is 10.0 Å². The minimum absolute atomic E-state index is 0.203. The number of fused-ring (bicyclic) bond motifs is 1. The van der Waals surface area contributed by atoms with E-state index in [0.717, 1.165) is 13.1 Å². The maximum Gasteiger partial charge on any atom is 0.240 e. The highest BCUT2D eigenvalue weighted by atomic mass is 32.2. The number of rotatable bonds is 5. The number of hydrogen-bond acceptors (Lipinski definition) is 5. The highest BCUT2D eigenvalue weighted by Gasteiger charge is 2.22. The van der Waals surface area contributed by atoms with Gasteiger partial charge in [0, 0.05) is 18.7 Å². The summed E-state index contributed by atoms with van der Waals surface area (Å²) in [5, 5.41) is 0. The highest BCUT2D eigenvalue weighted by molar-refractivity contribution is 7.89. The quantitative estimate of drug-likeness (QED) is 0.881. The second kappa shape index (κ2) is 6.44. The van der Waals surface area contributed by atoms with Crippen LogP contribution in [0.25, 0.3) is 0 Å². The summed E-state index contributed by atoms with van der Waals surface area (Å²) in [6.07, 6.45) is 2.39. The fourth-order valence-corrected chi connectivity index (χ4v) is 3.95. The van der Waals surface area contributed by atoms with Crippen molar-refractivity contribution < 1.29 is 17.9 Å². The van der Waals surface area contributed by atoms with Crippen LogP contribution < -0.4 is 14.2 Å². The van der Waals surface area contributed by atoms with Crippen LogP contribution in [0.15, 0.2) is 23.1 Å². The first-order chi connectivity index (χ1) is 10.6. The van der Waals surface area contributed by atoms with Gasteiger partial charge in [0.05, 0.1) is 4.90 Å². The summed E-state index contributed by atoms with van der Waals surface area (Å²) in [7, 11) is -3.53. The van der Waals surface area contributed by atoms with Gasteiger partial charge >= 0.3 is 0 Å². The van der Waals surface area contributed by atoms with Crippen LogP contribution in [0.2, 0.25) is 0 Å². The normalized spacial score (nSPS) is 20.0. The van der Waals surface area contributed by atoms with Gasteiger partial charge in [0.25, 0.3) is 0 Å². The molecule has 0 amide bonds. The number of likely N-dealkylation sites (tertiary alicyclic amines) is 1. The molecule has 0 spiro atoms. The Morgan fingerprint density at radius 3 is 2.59 bits per heavy atom. The molecule has 6 nitrogen and oxygen atoms in total. The van der Waals surface area contributed by atoms with Crippen molar-refractivity contribution in [3.05, 3.63) is 18.2 Å². The molecule has 7 heteroatoms. The van der Waals surface area contributed by atoms with Crippen LogP contribution in [0, 0.1) is 0 Å². The van der Waals surface area contributed by atoms with Gasteiger partial charge < -0.3 is 9.47 Å². The molecule has 0 radical (unpaired) electrons. The molecule has 0 aromatic heterocycles. The maximum atomic E-state index is 12.4. The third-order valence-corrected chi connectivity index (χ3v) is 5.58.